The predicted octanol–water partition coefficient (Wildman–Crippen LogP) is 1.39. The van der Waals surface area contributed by atoms with E-state index in [1.165, 1.54) is 31.4 Å². The highest BCUT2D eigenvalue weighted by Gasteiger charge is 2.39. The number of hydroxylamine groups is 2. The first-order chi connectivity index (χ1) is 12.0. The molecule has 0 unspecified atom stereocenters. The van der Waals surface area contributed by atoms with Crippen molar-refractivity contribution in [3.63, 3.8) is 0 Å². The highest BCUT2D eigenvalue weighted by molar-refractivity contribution is 6.38. The molecule has 1 aliphatic rings. The van der Waals surface area contributed by atoms with Crippen molar-refractivity contribution in [2.24, 2.45) is 0 Å². The zero-order valence-corrected chi connectivity index (χ0v) is 13.0. The number of ether oxygens (including phenoxy) is 1. The number of rotatable bonds is 3. The van der Waals surface area contributed by atoms with Gasteiger partial charge >= 0.3 is 11.9 Å². The summed E-state index contributed by atoms with van der Waals surface area (Å²) in [5.74, 6) is -3.53. The number of amides is 3. The molecule has 25 heavy (non-hydrogen) atoms. The van der Waals surface area contributed by atoms with E-state index in [0.717, 1.165) is 0 Å². The van der Waals surface area contributed by atoms with Gasteiger partial charge in [0.1, 0.15) is 5.75 Å². The molecule has 0 saturated carbocycles. The van der Waals surface area contributed by atoms with Crippen LogP contribution in [0.15, 0.2) is 48.5 Å². The van der Waals surface area contributed by atoms with E-state index in [4.69, 9.17) is 4.74 Å². The van der Waals surface area contributed by atoms with E-state index in [0.29, 0.717) is 11.4 Å². The van der Waals surface area contributed by atoms with Crippen molar-refractivity contribution in [3.05, 3.63) is 59.7 Å². The largest absolute Gasteiger partial charge is 0.497 e. The zero-order valence-electron chi connectivity index (χ0n) is 13.0. The van der Waals surface area contributed by atoms with Crippen LogP contribution in [-0.2, 0) is 14.4 Å². The van der Waals surface area contributed by atoms with Gasteiger partial charge in [0.15, 0.2) is 0 Å². The Bertz CT molecular complexity index is 840. The van der Waals surface area contributed by atoms with E-state index < -0.39 is 23.7 Å². The monoisotopic (exact) mass is 340 g/mol. The Labute approximate surface area is 141 Å². The first kappa shape index (κ1) is 16.2. The molecule has 3 amide bonds. The second-order valence-corrected chi connectivity index (χ2v) is 5.01. The number of nitrogens with zero attached hydrogens (tertiary/aromatic N) is 1. The average Bonchev–Trinajstić information content (AvgIpc) is 2.87. The number of anilines is 1. The van der Waals surface area contributed by atoms with Gasteiger partial charge in [0.2, 0.25) is 0 Å². The van der Waals surface area contributed by atoms with Crippen LogP contribution in [0.5, 0.6) is 5.75 Å². The molecule has 0 fully saturated rings. The van der Waals surface area contributed by atoms with Gasteiger partial charge in [-0.25, -0.2) is 4.79 Å². The van der Waals surface area contributed by atoms with Crippen LogP contribution in [0.3, 0.4) is 0 Å². The van der Waals surface area contributed by atoms with Gasteiger partial charge in [-0.3, -0.25) is 14.4 Å². The third-order valence-electron chi connectivity index (χ3n) is 3.46. The van der Waals surface area contributed by atoms with Gasteiger partial charge in [0.25, 0.3) is 11.8 Å². The Hall–Kier alpha value is -3.68. The molecule has 1 heterocycles. The standard InChI is InChI=1S/C17H12N2O6/c1-24-11-8-6-10(7-9-11)18-14(20)17(23)25-19-15(21)12-4-2-3-5-13(12)16(19)22/h2-9H,1H3,(H,18,20). The summed E-state index contributed by atoms with van der Waals surface area (Å²) >= 11 is 0. The molecule has 2 aromatic rings. The van der Waals surface area contributed by atoms with E-state index >= 15 is 0 Å². The minimum atomic E-state index is -1.38. The van der Waals surface area contributed by atoms with Crippen LogP contribution < -0.4 is 10.1 Å². The molecule has 0 saturated heterocycles. The second kappa shape index (κ2) is 6.44. The van der Waals surface area contributed by atoms with E-state index in [2.05, 4.69) is 10.2 Å². The van der Waals surface area contributed by atoms with Crippen LogP contribution >= 0.6 is 0 Å². The second-order valence-electron chi connectivity index (χ2n) is 5.01. The van der Waals surface area contributed by atoms with E-state index in [1.807, 2.05) is 0 Å². The summed E-state index contributed by atoms with van der Waals surface area (Å²) in [5, 5.41) is 2.58. The van der Waals surface area contributed by atoms with Crippen molar-refractivity contribution in [2.75, 3.05) is 12.4 Å². The molecular weight excluding hydrogens is 328 g/mol. The van der Waals surface area contributed by atoms with Crippen molar-refractivity contribution in [3.8, 4) is 5.75 Å². The lowest BCUT2D eigenvalue weighted by Crippen LogP contribution is -2.37. The molecule has 0 atom stereocenters. The van der Waals surface area contributed by atoms with E-state index in [-0.39, 0.29) is 16.2 Å². The summed E-state index contributed by atoms with van der Waals surface area (Å²) in [5.41, 5.74) is 0.539. The molecule has 0 spiro atoms. The maximum absolute atomic E-state index is 12.1. The molecule has 0 aromatic heterocycles. The highest BCUT2D eigenvalue weighted by Crippen LogP contribution is 2.22. The molecule has 8 heteroatoms. The van der Waals surface area contributed by atoms with Crippen LogP contribution in [-0.4, -0.2) is 35.9 Å². The molecule has 1 aliphatic heterocycles. The first-order valence-electron chi connectivity index (χ1n) is 7.16. The number of hydrogen-bond acceptors (Lipinski definition) is 6. The Morgan fingerprint density at radius 3 is 2.00 bits per heavy atom. The summed E-state index contributed by atoms with van der Waals surface area (Å²) in [6, 6.07) is 12.2. The van der Waals surface area contributed by atoms with Gasteiger partial charge in [0.05, 0.1) is 18.2 Å². The third-order valence-corrected chi connectivity index (χ3v) is 3.46. The topological polar surface area (TPSA) is 102 Å². The average molecular weight is 340 g/mol. The van der Waals surface area contributed by atoms with Gasteiger partial charge in [-0.15, -0.1) is 0 Å². The lowest BCUT2D eigenvalue weighted by atomic mass is 10.1. The fourth-order valence-corrected chi connectivity index (χ4v) is 2.23. The summed E-state index contributed by atoms with van der Waals surface area (Å²) in [4.78, 5) is 52.5. The highest BCUT2D eigenvalue weighted by atomic mass is 16.7. The van der Waals surface area contributed by atoms with Crippen molar-refractivity contribution >= 4 is 29.4 Å². The number of benzene rings is 2. The maximum atomic E-state index is 12.1. The Morgan fingerprint density at radius 2 is 1.48 bits per heavy atom. The fraction of sp³-hybridized carbons (Fsp3) is 0.0588. The lowest BCUT2D eigenvalue weighted by molar-refractivity contribution is -0.172. The number of imide groups is 1. The van der Waals surface area contributed by atoms with Crippen LogP contribution in [0.2, 0.25) is 0 Å². The SMILES string of the molecule is COc1ccc(NC(=O)C(=O)ON2C(=O)c3ccccc3C2=O)cc1. The molecule has 0 bridgehead atoms. The smallest absolute Gasteiger partial charge is 0.421 e. The van der Waals surface area contributed by atoms with Crippen LogP contribution in [0, 0.1) is 0 Å². The van der Waals surface area contributed by atoms with Crippen molar-refractivity contribution in [1.82, 2.24) is 5.06 Å². The van der Waals surface area contributed by atoms with Crippen molar-refractivity contribution < 1.29 is 28.8 Å². The Kier molecular flexibility index (Phi) is 4.17. The predicted molar refractivity (Wildman–Crippen MR) is 84.7 cm³/mol. The van der Waals surface area contributed by atoms with Gasteiger partial charge in [-0.1, -0.05) is 17.2 Å². The molecule has 8 nitrogen and oxygen atoms in total. The summed E-state index contributed by atoms with van der Waals surface area (Å²) in [7, 11) is 1.49. The summed E-state index contributed by atoms with van der Waals surface area (Å²) < 4.78 is 4.98. The zero-order chi connectivity index (χ0) is 18.0. The number of methoxy groups -OCH3 is 1. The minimum Gasteiger partial charge on any atom is -0.497 e. The molecule has 126 valence electrons. The number of carbonyl (C=O) groups excluding carboxylic acids is 4. The van der Waals surface area contributed by atoms with E-state index in [1.54, 1.807) is 24.3 Å². The Morgan fingerprint density at radius 1 is 0.920 bits per heavy atom. The molecule has 1 N–H and O–H groups in total. The summed E-state index contributed by atoms with van der Waals surface area (Å²) in [6.07, 6.45) is 0. The van der Waals surface area contributed by atoms with E-state index in [9.17, 15) is 19.2 Å². The van der Waals surface area contributed by atoms with Crippen LogP contribution in [0.4, 0.5) is 5.69 Å². The Balaban J connectivity index is 1.67. The van der Waals surface area contributed by atoms with Gasteiger partial charge < -0.3 is 14.9 Å². The molecular formula is C17H12N2O6. The number of hydrogen-bond donors (Lipinski definition) is 1. The van der Waals surface area contributed by atoms with Crippen LogP contribution in [0.1, 0.15) is 20.7 Å². The number of fused-ring (bicyclic) bond motifs is 1. The van der Waals surface area contributed by atoms with Crippen molar-refractivity contribution in [1.29, 1.82) is 0 Å². The normalized spacial score (nSPS) is 12.6. The molecule has 3 rings (SSSR count). The molecule has 0 aliphatic carbocycles. The number of carbonyl (C=O) groups is 4. The summed E-state index contributed by atoms with van der Waals surface area (Å²) in [6.45, 7) is 0. The van der Waals surface area contributed by atoms with Gasteiger partial charge in [-0.05, 0) is 36.4 Å². The molecule has 0 radical (unpaired) electrons. The van der Waals surface area contributed by atoms with Gasteiger partial charge in [0, 0.05) is 5.69 Å². The number of nitrogens with one attached hydrogen (secondary N) is 1. The lowest BCUT2D eigenvalue weighted by Gasteiger charge is -2.12. The third kappa shape index (κ3) is 3.05. The maximum Gasteiger partial charge on any atom is 0.421 e. The van der Waals surface area contributed by atoms with Crippen LogP contribution in [0.25, 0.3) is 0 Å². The molecule has 2 aromatic carbocycles. The van der Waals surface area contributed by atoms with Crippen molar-refractivity contribution in [2.45, 2.75) is 0 Å². The first-order valence-corrected chi connectivity index (χ1v) is 7.16. The van der Waals surface area contributed by atoms with Gasteiger partial charge in [-0.2, -0.15) is 0 Å². The quantitative estimate of drug-likeness (QED) is 0.669. The fourth-order valence-electron chi connectivity index (χ4n) is 2.23. The minimum absolute atomic E-state index is 0.107.